The van der Waals surface area contributed by atoms with Gasteiger partial charge in [-0.3, -0.25) is 4.79 Å². The number of benzene rings is 1. The molecular weight excluding hydrogens is 331 g/mol. The quantitative estimate of drug-likeness (QED) is 0.336. The zero-order valence-corrected chi connectivity index (χ0v) is 15.1. The Bertz CT molecular complexity index is 765. The molecule has 0 aliphatic rings. The highest BCUT2D eigenvalue weighted by molar-refractivity contribution is 5.94. The molecule has 5 heteroatoms. The van der Waals surface area contributed by atoms with Crippen molar-refractivity contribution in [2.45, 2.75) is 45.4 Å². The van der Waals surface area contributed by atoms with Crippen LogP contribution in [0, 0.1) is 5.82 Å². The number of aromatic nitrogens is 2. The first-order valence-corrected chi connectivity index (χ1v) is 8.87. The summed E-state index contributed by atoms with van der Waals surface area (Å²) in [5, 5.41) is 0. The third kappa shape index (κ3) is 5.99. The van der Waals surface area contributed by atoms with Crippen LogP contribution in [0.5, 0.6) is 0 Å². The molecular formula is C21H25FN2O2. The molecule has 1 aromatic heterocycles. The highest BCUT2D eigenvalue weighted by atomic mass is 19.1. The number of Topliss-reactive ketones (excluding diaryl/α,β-unsaturated/α-hetero) is 1. The maximum atomic E-state index is 13.8. The van der Waals surface area contributed by atoms with Gasteiger partial charge >= 0.3 is 0 Å². The normalized spacial score (nSPS) is 11.4. The molecule has 0 fully saturated rings. The minimum absolute atomic E-state index is 0.104. The Labute approximate surface area is 153 Å². The second-order valence-corrected chi connectivity index (χ2v) is 6.16. The van der Waals surface area contributed by atoms with Crippen LogP contribution in [0.25, 0.3) is 11.3 Å². The summed E-state index contributed by atoms with van der Waals surface area (Å²) >= 11 is 0. The van der Waals surface area contributed by atoms with Crippen LogP contribution in [0.15, 0.2) is 55.1 Å². The van der Waals surface area contributed by atoms with Gasteiger partial charge < -0.3 is 9.72 Å². The van der Waals surface area contributed by atoms with Gasteiger partial charge in [0, 0.05) is 24.0 Å². The number of aryl methyl sites for hydroxylation is 1. The Hall–Kier alpha value is -2.69. The standard InChI is InChI=1S/C21H25FN2O2/c1-3-26-15-16(2)20(25)12-6-4-5-7-13-21-23-14-19(24-21)17-10-8-9-11-18(17)22/h3,8-11,14-15H,1,4-7,12-13H2,2H3,(H,23,24)/b16-15+. The maximum Gasteiger partial charge on any atom is 0.161 e. The Balaban J connectivity index is 1.67. The smallest absolute Gasteiger partial charge is 0.161 e. The van der Waals surface area contributed by atoms with Crippen LogP contribution in [-0.2, 0) is 16.0 Å². The summed E-state index contributed by atoms with van der Waals surface area (Å²) in [4.78, 5) is 19.3. The van der Waals surface area contributed by atoms with Crippen molar-refractivity contribution in [2.75, 3.05) is 0 Å². The van der Waals surface area contributed by atoms with Crippen LogP contribution in [0.4, 0.5) is 4.39 Å². The van der Waals surface area contributed by atoms with Gasteiger partial charge in [0.1, 0.15) is 11.6 Å². The number of unbranched alkanes of at least 4 members (excludes halogenated alkanes) is 3. The van der Waals surface area contributed by atoms with Crippen LogP contribution < -0.4 is 0 Å². The first-order valence-electron chi connectivity index (χ1n) is 8.87. The SMILES string of the molecule is C=CO/C=C(\C)C(=O)CCCCCCc1ncc(-c2ccccc2F)[nH]1. The minimum Gasteiger partial charge on any atom is -0.473 e. The van der Waals surface area contributed by atoms with Crippen molar-refractivity contribution in [3.63, 3.8) is 0 Å². The Kier molecular flexibility index (Phi) is 7.80. The van der Waals surface area contributed by atoms with E-state index in [4.69, 9.17) is 4.74 Å². The topological polar surface area (TPSA) is 55.0 Å². The van der Waals surface area contributed by atoms with Gasteiger partial charge in [-0.05, 0) is 31.9 Å². The summed E-state index contributed by atoms with van der Waals surface area (Å²) < 4.78 is 18.7. The summed E-state index contributed by atoms with van der Waals surface area (Å²) in [5.74, 6) is 0.710. The number of rotatable bonds is 11. The number of nitrogens with zero attached hydrogens (tertiary/aromatic N) is 1. The number of ketones is 1. The number of H-pyrrole nitrogens is 1. The molecule has 0 radical (unpaired) electrons. The van der Waals surface area contributed by atoms with Crippen LogP contribution in [0.1, 0.15) is 44.9 Å². The molecule has 26 heavy (non-hydrogen) atoms. The average Bonchev–Trinajstić information content (AvgIpc) is 3.11. The summed E-state index contributed by atoms with van der Waals surface area (Å²) in [6.07, 6.45) is 9.59. The Morgan fingerprint density at radius 3 is 2.81 bits per heavy atom. The summed E-state index contributed by atoms with van der Waals surface area (Å²) in [6.45, 7) is 5.18. The lowest BCUT2D eigenvalue weighted by atomic mass is 10.1. The van der Waals surface area contributed by atoms with Gasteiger partial charge in [-0.1, -0.05) is 31.6 Å². The van der Waals surface area contributed by atoms with Crippen LogP contribution in [0.2, 0.25) is 0 Å². The molecule has 0 aliphatic heterocycles. The summed E-state index contributed by atoms with van der Waals surface area (Å²) in [6, 6.07) is 6.66. The molecule has 1 N–H and O–H groups in total. The van der Waals surface area contributed by atoms with E-state index in [2.05, 4.69) is 16.5 Å². The number of aromatic amines is 1. The highest BCUT2D eigenvalue weighted by Gasteiger charge is 2.08. The fraction of sp³-hybridized carbons (Fsp3) is 0.333. The number of carbonyl (C=O) groups excluding carboxylic acids is 1. The van der Waals surface area contributed by atoms with Crippen molar-refractivity contribution < 1.29 is 13.9 Å². The van der Waals surface area contributed by atoms with Crippen molar-refractivity contribution in [3.05, 3.63) is 66.8 Å². The molecule has 4 nitrogen and oxygen atoms in total. The molecule has 0 spiro atoms. The van der Waals surface area contributed by atoms with E-state index < -0.39 is 0 Å². The molecule has 0 amide bonds. The zero-order chi connectivity index (χ0) is 18.8. The van der Waals surface area contributed by atoms with Gasteiger partial charge in [-0.25, -0.2) is 9.37 Å². The number of allylic oxidation sites excluding steroid dienone is 1. The van der Waals surface area contributed by atoms with Gasteiger partial charge in [-0.2, -0.15) is 0 Å². The summed E-state index contributed by atoms with van der Waals surface area (Å²) in [5.41, 5.74) is 1.85. The highest BCUT2D eigenvalue weighted by Crippen LogP contribution is 2.21. The third-order valence-corrected chi connectivity index (χ3v) is 4.14. The lowest BCUT2D eigenvalue weighted by Crippen LogP contribution is -1.99. The van der Waals surface area contributed by atoms with E-state index in [9.17, 15) is 9.18 Å². The van der Waals surface area contributed by atoms with E-state index in [0.717, 1.165) is 37.9 Å². The largest absolute Gasteiger partial charge is 0.473 e. The third-order valence-electron chi connectivity index (χ3n) is 4.14. The molecule has 0 saturated heterocycles. The average molecular weight is 356 g/mol. The Morgan fingerprint density at radius 2 is 2.04 bits per heavy atom. The fourth-order valence-corrected chi connectivity index (χ4v) is 2.65. The Morgan fingerprint density at radius 1 is 1.27 bits per heavy atom. The molecule has 0 aliphatic carbocycles. The molecule has 0 unspecified atom stereocenters. The number of carbonyl (C=O) groups is 1. The van der Waals surface area contributed by atoms with Crippen LogP contribution in [-0.4, -0.2) is 15.8 Å². The summed E-state index contributed by atoms with van der Waals surface area (Å²) in [7, 11) is 0. The minimum atomic E-state index is -0.254. The number of ether oxygens (including phenoxy) is 1. The molecule has 0 atom stereocenters. The molecule has 0 bridgehead atoms. The molecule has 138 valence electrons. The predicted molar refractivity (Wildman–Crippen MR) is 101 cm³/mol. The lowest BCUT2D eigenvalue weighted by Gasteiger charge is -2.02. The number of hydrogen-bond donors (Lipinski definition) is 1. The van der Waals surface area contributed by atoms with Gasteiger partial charge in [0.15, 0.2) is 5.78 Å². The number of halogens is 1. The van der Waals surface area contributed by atoms with Crippen LogP contribution >= 0.6 is 0 Å². The second-order valence-electron chi connectivity index (χ2n) is 6.16. The molecule has 1 heterocycles. The van der Waals surface area contributed by atoms with E-state index in [0.29, 0.717) is 23.3 Å². The van der Waals surface area contributed by atoms with Crippen molar-refractivity contribution >= 4 is 5.78 Å². The molecule has 0 saturated carbocycles. The first-order chi connectivity index (χ1) is 12.6. The van der Waals surface area contributed by atoms with Crippen molar-refractivity contribution in [2.24, 2.45) is 0 Å². The van der Waals surface area contributed by atoms with Gasteiger partial charge in [0.25, 0.3) is 0 Å². The van der Waals surface area contributed by atoms with Crippen molar-refractivity contribution in [1.29, 1.82) is 0 Å². The van der Waals surface area contributed by atoms with Gasteiger partial charge in [0.05, 0.1) is 24.4 Å². The monoisotopic (exact) mass is 356 g/mol. The number of imidazole rings is 1. The van der Waals surface area contributed by atoms with Crippen molar-refractivity contribution in [3.8, 4) is 11.3 Å². The van der Waals surface area contributed by atoms with E-state index in [-0.39, 0.29) is 11.6 Å². The van der Waals surface area contributed by atoms with Crippen molar-refractivity contribution in [1.82, 2.24) is 9.97 Å². The lowest BCUT2D eigenvalue weighted by molar-refractivity contribution is -0.115. The van der Waals surface area contributed by atoms with E-state index in [1.165, 1.54) is 18.6 Å². The van der Waals surface area contributed by atoms with E-state index >= 15 is 0 Å². The predicted octanol–water partition coefficient (Wildman–Crippen LogP) is 5.34. The maximum absolute atomic E-state index is 13.8. The number of hydrogen-bond acceptors (Lipinski definition) is 3. The molecule has 2 aromatic rings. The van der Waals surface area contributed by atoms with Gasteiger partial charge in [0.2, 0.25) is 0 Å². The van der Waals surface area contributed by atoms with Crippen LogP contribution in [0.3, 0.4) is 0 Å². The number of nitrogens with one attached hydrogen (secondary N) is 1. The second kappa shape index (κ2) is 10.3. The molecule has 1 aromatic carbocycles. The molecule has 2 rings (SSSR count). The van der Waals surface area contributed by atoms with E-state index in [1.807, 2.05) is 0 Å². The zero-order valence-electron chi connectivity index (χ0n) is 15.1. The fourth-order valence-electron chi connectivity index (χ4n) is 2.65. The van der Waals surface area contributed by atoms with Gasteiger partial charge in [-0.15, -0.1) is 0 Å². The first kappa shape index (κ1) is 19.6. The van der Waals surface area contributed by atoms with E-state index in [1.54, 1.807) is 31.3 Å².